The Bertz CT molecular complexity index is 315. The van der Waals surface area contributed by atoms with Gasteiger partial charge in [-0.25, -0.2) is 4.79 Å². The molecular formula is C13H23N3O2. The highest BCUT2D eigenvalue weighted by molar-refractivity contribution is 5.80. The van der Waals surface area contributed by atoms with Crippen LogP contribution in [0.2, 0.25) is 0 Å². The van der Waals surface area contributed by atoms with Gasteiger partial charge in [0.2, 0.25) is 5.91 Å². The molecule has 0 radical (unpaired) electrons. The minimum Gasteiger partial charge on any atom is -0.354 e. The van der Waals surface area contributed by atoms with Crippen LogP contribution in [0, 0.1) is 5.92 Å². The lowest BCUT2D eigenvalue weighted by Crippen LogP contribution is -2.48. The Hall–Kier alpha value is -1.26. The molecule has 5 nitrogen and oxygen atoms in total. The molecule has 1 saturated carbocycles. The van der Waals surface area contributed by atoms with Crippen LogP contribution >= 0.6 is 0 Å². The van der Waals surface area contributed by atoms with Gasteiger partial charge in [0.1, 0.15) is 0 Å². The summed E-state index contributed by atoms with van der Waals surface area (Å²) in [6.07, 6.45) is 5.43. The van der Waals surface area contributed by atoms with Crippen molar-refractivity contribution in [3.63, 3.8) is 0 Å². The van der Waals surface area contributed by atoms with Crippen molar-refractivity contribution in [3.05, 3.63) is 0 Å². The first-order valence-corrected chi connectivity index (χ1v) is 7.00. The van der Waals surface area contributed by atoms with E-state index in [1.807, 2.05) is 4.90 Å². The number of hydrogen-bond acceptors (Lipinski definition) is 2. The number of rotatable bonds is 4. The number of nitrogens with one attached hydrogen (secondary N) is 2. The van der Waals surface area contributed by atoms with E-state index in [1.54, 1.807) is 0 Å². The quantitative estimate of drug-likeness (QED) is 0.737. The van der Waals surface area contributed by atoms with Gasteiger partial charge in [-0.2, -0.15) is 0 Å². The first-order valence-electron chi connectivity index (χ1n) is 7.00. The van der Waals surface area contributed by atoms with Gasteiger partial charge < -0.3 is 15.5 Å². The lowest BCUT2D eigenvalue weighted by atomic mass is 10.0. The summed E-state index contributed by atoms with van der Waals surface area (Å²) in [5, 5.41) is 5.71. The molecule has 1 saturated heterocycles. The monoisotopic (exact) mass is 253 g/mol. The molecule has 0 aromatic rings. The van der Waals surface area contributed by atoms with Crippen molar-refractivity contribution in [2.45, 2.75) is 45.1 Å². The first kappa shape index (κ1) is 13.2. The Morgan fingerprint density at radius 2 is 1.83 bits per heavy atom. The summed E-state index contributed by atoms with van der Waals surface area (Å²) in [4.78, 5) is 25.2. The van der Waals surface area contributed by atoms with E-state index in [2.05, 4.69) is 17.6 Å². The topological polar surface area (TPSA) is 61.4 Å². The average Bonchev–Trinajstić information content (AvgIpc) is 3.19. The summed E-state index contributed by atoms with van der Waals surface area (Å²) in [6, 6.07) is 0.336. The fourth-order valence-electron chi connectivity index (χ4n) is 2.35. The predicted octanol–water partition coefficient (Wildman–Crippen LogP) is 1.10. The van der Waals surface area contributed by atoms with Crippen molar-refractivity contribution < 1.29 is 9.59 Å². The number of likely N-dealkylation sites (tertiary alicyclic amines) is 1. The van der Waals surface area contributed by atoms with Crippen LogP contribution in [0.1, 0.15) is 39.0 Å². The summed E-state index contributed by atoms with van der Waals surface area (Å²) in [6.45, 7) is 3.98. The van der Waals surface area contributed by atoms with Crippen molar-refractivity contribution in [2.75, 3.05) is 19.6 Å². The molecule has 102 valence electrons. The molecule has 1 aliphatic carbocycles. The van der Waals surface area contributed by atoms with E-state index in [0.29, 0.717) is 19.1 Å². The highest BCUT2D eigenvalue weighted by atomic mass is 16.2. The second-order valence-electron chi connectivity index (χ2n) is 5.34. The number of carbonyl (C=O) groups excluding carboxylic acids is 2. The van der Waals surface area contributed by atoms with Crippen LogP contribution in [-0.2, 0) is 4.79 Å². The van der Waals surface area contributed by atoms with E-state index in [1.165, 1.54) is 6.42 Å². The third-order valence-electron chi connectivity index (χ3n) is 3.71. The Balaban J connectivity index is 1.60. The Morgan fingerprint density at radius 1 is 1.11 bits per heavy atom. The number of piperidine rings is 1. The van der Waals surface area contributed by atoms with Gasteiger partial charge in [0, 0.05) is 31.6 Å². The molecule has 2 aliphatic rings. The van der Waals surface area contributed by atoms with Crippen molar-refractivity contribution >= 4 is 11.9 Å². The molecule has 0 aromatic heterocycles. The fraction of sp³-hybridized carbons (Fsp3) is 0.846. The molecule has 5 heteroatoms. The highest BCUT2D eigenvalue weighted by Gasteiger charge is 2.29. The summed E-state index contributed by atoms with van der Waals surface area (Å²) in [5.41, 5.74) is 0. The van der Waals surface area contributed by atoms with Crippen LogP contribution in [-0.4, -0.2) is 42.5 Å². The molecule has 0 aromatic carbocycles. The standard InChI is InChI=1S/C13H23N3O2/c1-10-4-2-3-9-16(10)13(18)15-8-7-14-12(17)11-5-6-11/h10-11H,2-9H2,1H3,(H,14,17)(H,15,18). The summed E-state index contributed by atoms with van der Waals surface area (Å²) >= 11 is 0. The lowest BCUT2D eigenvalue weighted by molar-refractivity contribution is -0.122. The third kappa shape index (κ3) is 3.62. The van der Waals surface area contributed by atoms with E-state index < -0.39 is 0 Å². The number of nitrogens with zero attached hydrogens (tertiary/aromatic N) is 1. The highest BCUT2D eigenvalue weighted by Crippen LogP contribution is 2.28. The van der Waals surface area contributed by atoms with E-state index >= 15 is 0 Å². The van der Waals surface area contributed by atoms with Gasteiger partial charge in [-0.05, 0) is 39.0 Å². The maximum absolute atomic E-state index is 11.9. The molecule has 3 amide bonds. The Kier molecular flexibility index (Phi) is 4.44. The minimum atomic E-state index is 0.00266. The van der Waals surface area contributed by atoms with Crippen LogP contribution in [0.5, 0.6) is 0 Å². The van der Waals surface area contributed by atoms with Crippen molar-refractivity contribution in [1.29, 1.82) is 0 Å². The maximum atomic E-state index is 11.9. The molecule has 0 bridgehead atoms. The number of carbonyl (C=O) groups is 2. The van der Waals surface area contributed by atoms with Crippen molar-refractivity contribution in [2.24, 2.45) is 5.92 Å². The number of amides is 3. The first-order chi connectivity index (χ1) is 8.68. The van der Waals surface area contributed by atoms with E-state index in [9.17, 15) is 9.59 Å². The van der Waals surface area contributed by atoms with Crippen LogP contribution < -0.4 is 10.6 Å². The molecule has 1 heterocycles. The molecule has 2 fully saturated rings. The zero-order valence-electron chi connectivity index (χ0n) is 11.1. The van der Waals surface area contributed by atoms with Gasteiger partial charge in [-0.3, -0.25) is 4.79 Å². The van der Waals surface area contributed by atoms with E-state index in [-0.39, 0.29) is 17.9 Å². The summed E-state index contributed by atoms with van der Waals surface area (Å²) in [5.74, 6) is 0.374. The lowest BCUT2D eigenvalue weighted by Gasteiger charge is -2.33. The van der Waals surface area contributed by atoms with Crippen LogP contribution in [0.25, 0.3) is 0 Å². The van der Waals surface area contributed by atoms with Gasteiger partial charge in [0.15, 0.2) is 0 Å². The molecule has 2 N–H and O–H groups in total. The number of urea groups is 1. The minimum absolute atomic E-state index is 0.00266. The normalized spacial score (nSPS) is 23.6. The predicted molar refractivity (Wildman–Crippen MR) is 69.2 cm³/mol. The van der Waals surface area contributed by atoms with Crippen LogP contribution in [0.4, 0.5) is 4.79 Å². The zero-order chi connectivity index (χ0) is 13.0. The molecule has 1 atom stereocenters. The molecule has 0 spiro atoms. The summed E-state index contributed by atoms with van der Waals surface area (Å²) in [7, 11) is 0. The van der Waals surface area contributed by atoms with Crippen molar-refractivity contribution in [3.8, 4) is 0 Å². The van der Waals surface area contributed by atoms with Crippen LogP contribution in [0.3, 0.4) is 0 Å². The van der Waals surface area contributed by atoms with Gasteiger partial charge in [0.25, 0.3) is 0 Å². The number of hydrogen-bond donors (Lipinski definition) is 2. The van der Waals surface area contributed by atoms with E-state index in [4.69, 9.17) is 0 Å². The maximum Gasteiger partial charge on any atom is 0.317 e. The fourth-order valence-corrected chi connectivity index (χ4v) is 2.35. The van der Waals surface area contributed by atoms with Crippen LogP contribution in [0.15, 0.2) is 0 Å². The van der Waals surface area contributed by atoms with Gasteiger partial charge in [-0.15, -0.1) is 0 Å². The second-order valence-corrected chi connectivity index (χ2v) is 5.34. The smallest absolute Gasteiger partial charge is 0.317 e. The third-order valence-corrected chi connectivity index (χ3v) is 3.71. The SMILES string of the molecule is CC1CCCCN1C(=O)NCCNC(=O)C1CC1. The van der Waals surface area contributed by atoms with Gasteiger partial charge in [-0.1, -0.05) is 0 Å². The van der Waals surface area contributed by atoms with Crippen molar-refractivity contribution in [1.82, 2.24) is 15.5 Å². The molecule has 2 rings (SSSR count). The molecule has 1 aliphatic heterocycles. The second kappa shape index (κ2) is 6.07. The summed E-state index contributed by atoms with van der Waals surface area (Å²) < 4.78 is 0. The largest absolute Gasteiger partial charge is 0.354 e. The molecule has 1 unspecified atom stereocenters. The molecular weight excluding hydrogens is 230 g/mol. The van der Waals surface area contributed by atoms with E-state index in [0.717, 1.165) is 32.2 Å². The van der Waals surface area contributed by atoms with Gasteiger partial charge in [0.05, 0.1) is 0 Å². The zero-order valence-corrected chi connectivity index (χ0v) is 11.1. The molecule has 18 heavy (non-hydrogen) atoms. The van der Waals surface area contributed by atoms with Gasteiger partial charge >= 0.3 is 6.03 Å². The average molecular weight is 253 g/mol. The Labute approximate surface area is 108 Å². The Morgan fingerprint density at radius 3 is 2.50 bits per heavy atom.